The van der Waals surface area contributed by atoms with Crippen molar-refractivity contribution < 1.29 is 37.3 Å². The van der Waals surface area contributed by atoms with Gasteiger partial charge in [-0.1, -0.05) is 33.1 Å². The van der Waals surface area contributed by atoms with Crippen molar-refractivity contribution in [3.63, 3.8) is 0 Å². The number of hydrogen-bond donors (Lipinski definition) is 2. The SMILES string of the molecule is CCCCCOP(=O)(O)O[C@H]1O[C@@H](n2ccc(N)nc2=O)C[C@@H]1OOPOCCCC.[CaH2]. The maximum absolute atomic E-state index is 12.3. The van der Waals surface area contributed by atoms with Crippen molar-refractivity contribution >= 4 is 60.4 Å². The third-order valence-electron chi connectivity index (χ3n) is 4.29. The van der Waals surface area contributed by atoms with Crippen LogP contribution in [0.3, 0.4) is 0 Å². The van der Waals surface area contributed by atoms with Gasteiger partial charge in [0, 0.05) is 12.6 Å². The van der Waals surface area contributed by atoms with Crippen LogP contribution in [0, 0.1) is 0 Å². The molecule has 1 aromatic rings. The Kier molecular flexibility index (Phi) is 15.2. The van der Waals surface area contributed by atoms with E-state index in [1.54, 1.807) is 0 Å². The number of unbranched alkanes of at least 4 members (excludes halogenated alkanes) is 3. The summed E-state index contributed by atoms with van der Waals surface area (Å²) in [5, 5.41) is 0. The van der Waals surface area contributed by atoms with Gasteiger partial charge < -0.3 is 19.9 Å². The Balaban J connectivity index is 0.00000512. The third kappa shape index (κ3) is 10.7. The molecule has 0 aliphatic carbocycles. The number of nitrogen functional groups attached to an aromatic ring is 1. The van der Waals surface area contributed by atoms with Crippen LogP contribution in [0.1, 0.15) is 58.6 Å². The van der Waals surface area contributed by atoms with E-state index in [0.29, 0.717) is 13.0 Å². The number of anilines is 1. The summed E-state index contributed by atoms with van der Waals surface area (Å²) in [7, 11) is -4.82. The van der Waals surface area contributed by atoms with Gasteiger partial charge in [0.2, 0.25) is 6.29 Å². The van der Waals surface area contributed by atoms with Gasteiger partial charge in [0.15, 0.2) is 9.03 Å². The van der Waals surface area contributed by atoms with Gasteiger partial charge >= 0.3 is 51.3 Å². The first-order chi connectivity index (χ1) is 14.9. The van der Waals surface area contributed by atoms with E-state index in [-0.39, 0.29) is 56.6 Å². The molecule has 1 fully saturated rings. The summed E-state index contributed by atoms with van der Waals surface area (Å²) in [6.45, 7) is 4.62. The van der Waals surface area contributed by atoms with Crippen LogP contribution in [0.5, 0.6) is 0 Å². The average Bonchev–Trinajstić information content (AvgIpc) is 3.09. The van der Waals surface area contributed by atoms with Gasteiger partial charge in [0.05, 0.1) is 13.2 Å². The van der Waals surface area contributed by atoms with Gasteiger partial charge in [-0.25, -0.2) is 14.2 Å². The number of aromatic nitrogens is 2. The molecule has 2 rings (SSSR count). The Morgan fingerprint density at radius 3 is 2.75 bits per heavy atom. The summed E-state index contributed by atoms with van der Waals surface area (Å²) in [5.74, 6) is 0.0638. The second-order valence-electron chi connectivity index (χ2n) is 6.85. The van der Waals surface area contributed by atoms with Crippen molar-refractivity contribution in [1.82, 2.24) is 9.55 Å². The van der Waals surface area contributed by atoms with Crippen LogP contribution < -0.4 is 11.4 Å². The molecule has 0 bridgehead atoms. The van der Waals surface area contributed by atoms with Crippen molar-refractivity contribution in [3.05, 3.63) is 22.7 Å². The minimum atomic E-state index is -4.42. The van der Waals surface area contributed by atoms with E-state index >= 15 is 0 Å². The molecule has 1 aliphatic heterocycles. The standard InChI is InChI=1S/C17H31N3O9P2.Ca.2H/c1-3-5-7-11-25-31(22,23)28-16-13(27-29-30-24-10-6-4-2)12-15(26-16)20-9-8-14(18)19-17(20)21;;;/h8-9,13,15-16,30H,3-7,10-12H2,1-2H3,(H,22,23)(H2,18,19,21);;;/t13-,15+,16+;;;/m0.../s1. The number of rotatable bonds is 15. The minimum absolute atomic E-state index is 0. The van der Waals surface area contributed by atoms with E-state index < -0.39 is 41.2 Å². The number of phosphoric ester groups is 1. The topological polar surface area (TPSA) is 154 Å². The van der Waals surface area contributed by atoms with Crippen LogP contribution in [0.2, 0.25) is 0 Å². The van der Waals surface area contributed by atoms with Crippen LogP contribution in [0.4, 0.5) is 5.82 Å². The zero-order valence-corrected chi connectivity index (χ0v) is 19.6. The number of phosphoric acid groups is 1. The molecule has 5 atom stereocenters. The fourth-order valence-electron chi connectivity index (χ4n) is 2.67. The summed E-state index contributed by atoms with van der Waals surface area (Å²) in [4.78, 5) is 31.1. The monoisotopic (exact) mass is 525 g/mol. The number of nitrogens with two attached hydrogens (primary N) is 1. The summed E-state index contributed by atoms with van der Waals surface area (Å²) in [5.41, 5.74) is 4.87. The first-order valence-corrected chi connectivity index (χ1v) is 12.5. The first kappa shape index (κ1) is 30.4. The van der Waals surface area contributed by atoms with E-state index in [2.05, 4.69) is 4.98 Å². The molecular weight excluding hydrogens is 492 g/mol. The first-order valence-electron chi connectivity index (χ1n) is 10.2. The Morgan fingerprint density at radius 2 is 2.06 bits per heavy atom. The fourth-order valence-corrected chi connectivity index (χ4v) is 3.97. The summed E-state index contributed by atoms with van der Waals surface area (Å²) in [6.07, 6.45) is 2.65. The molecule has 3 N–H and O–H groups in total. The quantitative estimate of drug-likeness (QED) is 0.114. The molecule has 12 nitrogen and oxygen atoms in total. The molecule has 2 heterocycles. The Labute approximate surface area is 218 Å². The van der Waals surface area contributed by atoms with Crippen molar-refractivity contribution in [2.75, 3.05) is 18.9 Å². The third-order valence-corrected chi connectivity index (χ3v) is 5.76. The number of ether oxygens (including phenoxy) is 1. The predicted octanol–water partition coefficient (Wildman–Crippen LogP) is 2.12. The predicted molar refractivity (Wildman–Crippen MR) is 122 cm³/mol. The molecule has 1 aliphatic rings. The zero-order valence-electron chi connectivity index (χ0n) is 17.7. The van der Waals surface area contributed by atoms with Crippen LogP contribution in [-0.4, -0.2) is 77.8 Å². The van der Waals surface area contributed by atoms with E-state index in [9.17, 15) is 14.3 Å². The molecule has 0 spiro atoms. The van der Waals surface area contributed by atoms with Crippen LogP contribution in [0.25, 0.3) is 0 Å². The molecule has 0 saturated carbocycles. The van der Waals surface area contributed by atoms with Gasteiger partial charge in [0.1, 0.15) is 18.1 Å². The molecule has 32 heavy (non-hydrogen) atoms. The van der Waals surface area contributed by atoms with Crippen molar-refractivity contribution in [2.45, 2.75) is 71.0 Å². The van der Waals surface area contributed by atoms with Crippen molar-refractivity contribution in [1.29, 1.82) is 0 Å². The van der Waals surface area contributed by atoms with Crippen LogP contribution in [0.15, 0.2) is 17.1 Å². The zero-order chi connectivity index (χ0) is 22.7. The Hall–Kier alpha value is 0.320. The second-order valence-corrected chi connectivity index (χ2v) is 8.88. The van der Waals surface area contributed by atoms with Gasteiger partial charge in [-0.15, -0.1) is 0 Å². The number of hydrogen-bond acceptors (Lipinski definition) is 10. The van der Waals surface area contributed by atoms with Crippen LogP contribution >= 0.6 is 16.9 Å². The summed E-state index contributed by atoms with van der Waals surface area (Å²) < 4.78 is 39.6. The summed E-state index contributed by atoms with van der Waals surface area (Å²) >= 11 is 0. The molecule has 1 saturated heterocycles. The molecule has 15 heteroatoms. The molecule has 0 amide bonds. The molecule has 182 valence electrons. The van der Waals surface area contributed by atoms with Crippen molar-refractivity contribution in [3.8, 4) is 0 Å². The van der Waals surface area contributed by atoms with E-state index in [1.807, 2.05) is 13.8 Å². The molecule has 0 radical (unpaired) electrons. The van der Waals surface area contributed by atoms with E-state index in [1.165, 1.54) is 16.8 Å². The molecular formula is C17H33CaN3O9P2. The maximum atomic E-state index is 12.3. The van der Waals surface area contributed by atoms with Gasteiger partial charge in [0.25, 0.3) is 0 Å². The second kappa shape index (κ2) is 16.1. The van der Waals surface area contributed by atoms with E-state index in [4.69, 9.17) is 33.6 Å². The van der Waals surface area contributed by atoms with Crippen molar-refractivity contribution in [2.24, 2.45) is 0 Å². The fraction of sp³-hybridized carbons (Fsp3) is 0.765. The number of nitrogens with zero attached hydrogens (tertiary/aromatic N) is 2. The van der Waals surface area contributed by atoms with Gasteiger partial charge in [-0.3, -0.25) is 13.6 Å². The Bertz CT molecular complexity index is 773. The Morgan fingerprint density at radius 1 is 1.31 bits per heavy atom. The molecule has 2 unspecified atom stereocenters. The van der Waals surface area contributed by atoms with Gasteiger partial charge in [-0.2, -0.15) is 9.66 Å². The normalized spacial score (nSPS) is 22.8. The average molecular weight is 525 g/mol. The van der Waals surface area contributed by atoms with E-state index in [0.717, 1.165) is 25.7 Å². The molecule has 0 aromatic carbocycles. The summed E-state index contributed by atoms with van der Waals surface area (Å²) in [6, 6.07) is 1.43. The van der Waals surface area contributed by atoms with Gasteiger partial charge in [-0.05, 0) is 18.9 Å². The molecule has 1 aromatic heterocycles. The van der Waals surface area contributed by atoms with Crippen LogP contribution in [-0.2, 0) is 32.4 Å².